The number of methoxy groups -OCH3 is 1. The lowest BCUT2D eigenvalue weighted by molar-refractivity contribution is -0.153. The Bertz CT molecular complexity index is 478. The van der Waals surface area contributed by atoms with E-state index < -0.39 is 13.8 Å². The zero-order valence-corrected chi connectivity index (χ0v) is 20.3. The molecule has 2 atom stereocenters. The number of allylic oxidation sites excluding steroid dienone is 2. The molecule has 0 fully saturated rings. The lowest BCUT2D eigenvalue weighted by Crippen LogP contribution is -2.27. The second-order valence-electron chi connectivity index (χ2n) is 7.94. The lowest BCUT2D eigenvalue weighted by Gasteiger charge is -2.17. The molecular weight excluding hydrogens is 406 g/mol. The van der Waals surface area contributed by atoms with E-state index in [0.29, 0.717) is 6.42 Å². The van der Waals surface area contributed by atoms with Crippen molar-refractivity contribution in [1.29, 1.82) is 0 Å². The molecule has 0 radical (unpaired) electrons. The number of halogens is 1. The summed E-state index contributed by atoms with van der Waals surface area (Å²) in [4.78, 5) is 11.9. The Kier molecular flexibility index (Phi) is 19.7. The molecule has 0 amide bonds. The minimum absolute atomic E-state index is 0.0815. The highest BCUT2D eigenvalue weighted by molar-refractivity contribution is 7.52. The molecule has 30 heavy (non-hydrogen) atoms. The van der Waals surface area contributed by atoms with Crippen LogP contribution >= 0.6 is 7.68 Å². The lowest BCUT2D eigenvalue weighted by atomic mass is 10.1. The van der Waals surface area contributed by atoms with Gasteiger partial charge >= 0.3 is 13.6 Å². The van der Waals surface area contributed by atoms with Crippen LogP contribution in [0, 0.1) is 0 Å². The summed E-state index contributed by atoms with van der Waals surface area (Å²) in [6.07, 6.45) is 19.8. The quantitative estimate of drug-likeness (QED) is 0.0789. The van der Waals surface area contributed by atoms with Crippen LogP contribution in [0.5, 0.6) is 0 Å². The molecule has 7 heteroatoms. The minimum Gasteiger partial charge on any atom is -0.457 e. The van der Waals surface area contributed by atoms with Crippen molar-refractivity contribution in [2.24, 2.45) is 0 Å². The summed E-state index contributed by atoms with van der Waals surface area (Å²) in [5.41, 5.74) is 0. The van der Waals surface area contributed by atoms with Crippen LogP contribution in [0.1, 0.15) is 96.8 Å². The summed E-state index contributed by atoms with van der Waals surface area (Å²) < 4.78 is 38.7. The Labute approximate surface area is 183 Å². The van der Waals surface area contributed by atoms with E-state index in [0.717, 1.165) is 32.3 Å². The normalized spacial score (nSPS) is 14.7. The topological polar surface area (TPSA) is 61.8 Å². The molecule has 0 heterocycles. The van der Waals surface area contributed by atoms with Gasteiger partial charge in [0.25, 0.3) is 0 Å². The van der Waals surface area contributed by atoms with Crippen LogP contribution in [-0.4, -0.2) is 39.1 Å². The fourth-order valence-corrected chi connectivity index (χ4v) is 3.54. The summed E-state index contributed by atoms with van der Waals surface area (Å²) in [5, 5.41) is 0. The fraction of sp³-hybridized carbons (Fsp3) is 0.870. The van der Waals surface area contributed by atoms with Crippen molar-refractivity contribution in [3.63, 3.8) is 0 Å². The summed E-state index contributed by atoms with van der Waals surface area (Å²) in [6.45, 7) is 2.94. The predicted octanol–water partition coefficient (Wildman–Crippen LogP) is 7.39. The van der Waals surface area contributed by atoms with E-state index in [9.17, 15) is 13.6 Å². The van der Waals surface area contributed by atoms with E-state index in [1.54, 1.807) is 0 Å². The highest BCUT2D eigenvalue weighted by atomic mass is 31.2. The largest absolute Gasteiger partial charge is 0.457 e. The molecular formula is C23H44FO5P. The number of esters is 1. The number of hydrogen-bond acceptors (Lipinski definition) is 5. The Morgan fingerprint density at radius 2 is 1.43 bits per heavy atom. The van der Waals surface area contributed by atoms with Gasteiger partial charge in [-0.2, -0.15) is 4.20 Å². The highest BCUT2D eigenvalue weighted by Crippen LogP contribution is 2.44. The maximum absolute atomic E-state index is 13.0. The van der Waals surface area contributed by atoms with Gasteiger partial charge in [0.1, 0.15) is 6.10 Å². The molecule has 0 rings (SSSR count). The minimum atomic E-state index is -4.09. The molecule has 0 bridgehead atoms. The predicted molar refractivity (Wildman–Crippen MR) is 122 cm³/mol. The third-order valence-corrected chi connectivity index (χ3v) is 5.39. The van der Waals surface area contributed by atoms with Gasteiger partial charge in [-0.25, -0.2) is 0 Å². The van der Waals surface area contributed by atoms with Gasteiger partial charge < -0.3 is 14.0 Å². The molecule has 2 unspecified atom stereocenters. The van der Waals surface area contributed by atoms with E-state index in [1.165, 1.54) is 64.9 Å². The first-order valence-corrected chi connectivity index (χ1v) is 13.6. The molecule has 0 saturated carbocycles. The summed E-state index contributed by atoms with van der Waals surface area (Å²) >= 11 is 0. The van der Waals surface area contributed by atoms with E-state index in [-0.39, 0.29) is 19.2 Å². The number of carbonyl (C=O) groups excluding carboxylic acids is 1. The number of carbonyl (C=O) groups is 1. The third-order valence-electron chi connectivity index (χ3n) is 4.78. The van der Waals surface area contributed by atoms with Crippen molar-refractivity contribution in [3.8, 4) is 0 Å². The van der Waals surface area contributed by atoms with Crippen LogP contribution in [0.3, 0.4) is 0 Å². The standard InChI is InChI=1S/C23H44FO5P/c1-4-5-6-7-8-9-10-11-12-13-14-15-16-17-18-19-23(25)29-22(20-27-2)21-28-30(3,24)26/h11-12,22H,4-10,13-21H2,1-3H3. The molecule has 5 nitrogen and oxygen atoms in total. The molecule has 0 aliphatic heterocycles. The van der Waals surface area contributed by atoms with E-state index in [4.69, 9.17) is 9.47 Å². The molecule has 0 aliphatic rings. The van der Waals surface area contributed by atoms with E-state index in [1.807, 2.05) is 0 Å². The van der Waals surface area contributed by atoms with Crippen molar-refractivity contribution in [2.75, 3.05) is 27.0 Å². The van der Waals surface area contributed by atoms with E-state index in [2.05, 4.69) is 23.6 Å². The summed E-state index contributed by atoms with van der Waals surface area (Å²) in [6, 6.07) is 0. The van der Waals surface area contributed by atoms with Crippen LogP contribution in [0.25, 0.3) is 0 Å². The monoisotopic (exact) mass is 450 g/mol. The fourth-order valence-electron chi connectivity index (χ4n) is 3.10. The number of ether oxygens (including phenoxy) is 2. The summed E-state index contributed by atoms with van der Waals surface area (Å²) in [7, 11) is -2.64. The Morgan fingerprint density at radius 3 is 1.97 bits per heavy atom. The van der Waals surface area contributed by atoms with Crippen molar-refractivity contribution >= 4 is 13.6 Å². The molecule has 0 aromatic rings. The third kappa shape index (κ3) is 22.0. The summed E-state index contributed by atoms with van der Waals surface area (Å²) in [5.74, 6) is -0.358. The number of unbranched alkanes of at least 4 members (excludes halogenated alkanes) is 11. The first kappa shape index (κ1) is 29.3. The van der Waals surface area contributed by atoms with Crippen molar-refractivity contribution < 1.29 is 27.6 Å². The average Bonchev–Trinajstić information content (AvgIpc) is 2.68. The highest BCUT2D eigenvalue weighted by Gasteiger charge is 2.20. The smallest absolute Gasteiger partial charge is 0.364 e. The van der Waals surface area contributed by atoms with Gasteiger partial charge in [-0.3, -0.25) is 9.36 Å². The van der Waals surface area contributed by atoms with Crippen LogP contribution in [-0.2, 0) is 23.4 Å². The Morgan fingerprint density at radius 1 is 0.900 bits per heavy atom. The first-order chi connectivity index (χ1) is 14.4. The van der Waals surface area contributed by atoms with Gasteiger partial charge in [0.2, 0.25) is 0 Å². The van der Waals surface area contributed by atoms with Crippen LogP contribution < -0.4 is 0 Å². The SMILES string of the molecule is CCCCCCCCC=CCCCCCCCC(=O)OC(COC)COP(C)(=O)F. The number of hydrogen-bond donors (Lipinski definition) is 0. The first-order valence-electron chi connectivity index (χ1n) is 11.6. The molecule has 0 aliphatic carbocycles. The molecule has 0 spiro atoms. The van der Waals surface area contributed by atoms with Gasteiger partial charge in [0, 0.05) is 20.2 Å². The van der Waals surface area contributed by atoms with E-state index >= 15 is 0 Å². The molecule has 0 aromatic heterocycles. The van der Waals surface area contributed by atoms with Crippen LogP contribution in [0.15, 0.2) is 12.2 Å². The maximum atomic E-state index is 13.0. The second-order valence-corrected chi connectivity index (χ2v) is 9.70. The molecule has 0 aromatic carbocycles. The zero-order chi connectivity index (χ0) is 22.5. The zero-order valence-electron chi connectivity index (χ0n) is 19.4. The number of rotatable bonds is 21. The molecule has 178 valence electrons. The van der Waals surface area contributed by atoms with Gasteiger partial charge in [0.15, 0.2) is 0 Å². The van der Waals surface area contributed by atoms with Crippen molar-refractivity contribution in [3.05, 3.63) is 12.2 Å². The van der Waals surface area contributed by atoms with Crippen LogP contribution in [0.2, 0.25) is 0 Å². The Hall–Kier alpha value is -0.710. The van der Waals surface area contributed by atoms with Crippen LogP contribution in [0.4, 0.5) is 4.20 Å². The molecule has 0 saturated heterocycles. The van der Waals surface area contributed by atoms with Crippen molar-refractivity contribution in [1.82, 2.24) is 0 Å². The van der Waals surface area contributed by atoms with Gasteiger partial charge in [0.05, 0.1) is 13.2 Å². The van der Waals surface area contributed by atoms with Gasteiger partial charge in [-0.05, 0) is 32.1 Å². The molecule has 0 N–H and O–H groups in total. The van der Waals surface area contributed by atoms with Gasteiger partial charge in [-0.15, -0.1) is 0 Å². The van der Waals surface area contributed by atoms with Gasteiger partial charge in [-0.1, -0.05) is 70.4 Å². The second kappa shape index (κ2) is 20.2. The average molecular weight is 451 g/mol. The van der Waals surface area contributed by atoms with Crippen molar-refractivity contribution in [2.45, 2.75) is 103 Å². The Balaban J connectivity index is 3.58. The maximum Gasteiger partial charge on any atom is 0.364 e.